The van der Waals surface area contributed by atoms with Gasteiger partial charge in [-0.15, -0.1) is 0 Å². The lowest BCUT2D eigenvalue weighted by Gasteiger charge is -2.30. The second-order valence-electron chi connectivity index (χ2n) is 5.14. The van der Waals surface area contributed by atoms with E-state index in [0.717, 1.165) is 25.3 Å². The lowest BCUT2D eigenvalue weighted by molar-refractivity contribution is 0.164. The summed E-state index contributed by atoms with van der Waals surface area (Å²) in [5.41, 5.74) is 5.25. The second kappa shape index (κ2) is 6.07. The van der Waals surface area contributed by atoms with Crippen LogP contribution < -0.4 is 10.5 Å². The molecule has 1 aliphatic rings. The zero-order valence-electron chi connectivity index (χ0n) is 11.0. The number of benzene rings is 1. The first-order chi connectivity index (χ1) is 9.44. The molecule has 0 aromatic heterocycles. The van der Waals surface area contributed by atoms with Crippen molar-refractivity contribution >= 4 is 15.7 Å². The van der Waals surface area contributed by atoms with E-state index in [1.807, 2.05) is 0 Å². The van der Waals surface area contributed by atoms with Gasteiger partial charge in [-0.05, 0) is 37.0 Å². The molecule has 4 N–H and O–H groups in total. The van der Waals surface area contributed by atoms with Crippen molar-refractivity contribution in [2.24, 2.45) is 5.92 Å². The molecule has 0 saturated heterocycles. The van der Waals surface area contributed by atoms with Gasteiger partial charge in [-0.1, -0.05) is 12.8 Å². The molecule has 7 heteroatoms. The van der Waals surface area contributed by atoms with Crippen LogP contribution >= 0.6 is 0 Å². The van der Waals surface area contributed by atoms with Gasteiger partial charge in [0, 0.05) is 12.6 Å². The fraction of sp³-hybridized carbons (Fsp3) is 0.538. The van der Waals surface area contributed by atoms with Crippen molar-refractivity contribution in [3.8, 4) is 0 Å². The monoisotopic (exact) mass is 302 g/mol. The quantitative estimate of drug-likeness (QED) is 0.730. The zero-order chi connectivity index (χ0) is 14.8. The van der Waals surface area contributed by atoms with Gasteiger partial charge in [-0.2, -0.15) is 0 Å². The number of halogens is 1. The van der Waals surface area contributed by atoms with Crippen LogP contribution in [0.25, 0.3) is 0 Å². The normalized spacial score (nSPS) is 23.7. The third-order valence-electron chi connectivity index (χ3n) is 3.73. The van der Waals surface area contributed by atoms with Crippen LogP contribution in [0.15, 0.2) is 23.1 Å². The Labute approximate surface area is 118 Å². The summed E-state index contributed by atoms with van der Waals surface area (Å²) < 4.78 is 40.4. The summed E-state index contributed by atoms with van der Waals surface area (Å²) in [6, 6.07) is 3.11. The summed E-state index contributed by atoms with van der Waals surface area (Å²) in [4.78, 5) is -0.147. The maximum Gasteiger partial charge on any atom is 0.240 e. The molecule has 1 fully saturated rings. The first kappa shape index (κ1) is 15.2. The van der Waals surface area contributed by atoms with Gasteiger partial charge in [0.1, 0.15) is 5.82 Å². The molecule has 2 atom stereocenters. The highest BCUT2D eigenvalue weighted by Crippen LogP contribution is 2.26. The minimum atomic E-state index is -3.80. The average molecular weight is 302 g/mol. The van der Waals surface area contributed by atoms with Crippen LogP contribution in [0.1, 0.15) is 25.7 Å². The largest absolute Gasteiger partial charge is 0.396 e. The van der Waals surface area contributed by atoms with Crippen LogP contribution in [-0.4, -0.2) is 26.2 Å². The smallest absolute Gasteiger partial charge is 0.240 e. The number of aliphatic hydroxyl groups is 1. The van der Waals surface area contributed by atoms with Crippen molar-refractivity contribution in [1.29, 1.82) is 0 Å². The molecular weight excluding hydrogens is 283 g/mol. The first-order valence-corrected chi connectivity index (χ1v) is 8.10. The third-order valence-corrected chi connectivity index (χ3v) is 5.22. The maximum absolute atomic E-state index is 13.4. The van der Waals surface area contributed by atoms with Crippen LogP contribution in [0.4, 0.5) is 10.1 Å². The zero-order valence-corrected chi connectivity index (χ0v) is 11.9. The lowest BCUT2D eigenvalue weighted by atomic mass is 9.86. The molecule has 0 amide bonds. The van der Waals surface area contributed by atoms with Crippen molar-refractivity contribution in [3.63, 3.8) is 0 Å². The molecule has 0 radical (unpaired) electrons. The molecule has 1 aromatic carbocycles. The topological polar surface area (TPSA) is 92.4 Å². The van der Waals surface area contributed by atoms with Crippen molar-refractivity contribution in [3.05, 3.63) is 24.0 Å². The second-order valence-corrected chi connectivity index (χ2v) is 6.85. The van der Waals surface area contributed by atoms with Gasteiger partial charge in [0.25, 0.3) is 0 Å². The van der Waals surface area contributed by atoms with E-state index >= 15 is 0 Å². The number of aliphatic hydroxyl groups excluding tert-OH is 1. The SMILES string of the molecule is Nc1ccc(S(=O)(=O)NC2CCCCC2CO)cc1F. The van der Waals surface area contributed by atoms with Gasteiger partial charge in [0.15, 0.2) is 0 Å². The Kier molecular flexibility index (Phi) is 4.62. The molecule has 0 heterocycles. The summed E-state index contributed by atoms with van der Waals surface area (Å²) in [5, 5.41) is 9.30. The molecule has 0 aliphatic heterocycles. The molecule has 2 unspecified atom stereocenters. The average Bonchev–Trinajstić information content (AvgIpc) is 2.42. The number of anilines is 1. The molecular formula is C13H19FN2O3S. The van der Waals surface area contributed by atoms with Gasteiger partial charge in [-0.25, -0.2) is 17.5 Å². The Bertz CT molecular complexity index is 577. The fourth-order valence-corrected chi connectivity index (χ4v) is 3.87. The highest BCUT2D eigenvalue weighted by molar-refractivity contribution is 7.89. The van der Waals surface area contributed by atoms with Crippen LogP contribution in [0, 0.1) is 11.7 Å². The van der Waals surface area contributed by atoms with Crippen LogP contribution in [0.2, 0.25) is 0 Å². The minimum Gasteiger partial charge on any atom is -0.396 e. The van der Waals surface area contributed by atoms with Crippen molar-refractivity contribution in [2.45, 2.75) is 36.6 Å². The standard InChI is InChI=1S/C13H19FN2O3S/c14-11-7-10(5-6-12(11)15)20(18,19)16-13-4-2-1-3-9(13)8-17/h5-7,9,13,16-17H,1-4,8,15H2. The molecule has 1 aromatic rings. The van der Waals surface area contributed by atoms with E-state index in [9.17, 15) is 17.9 Å². The number of sulfonamides is 1. The maximum atomic E-state index is 13.4. The number of nitrogen functional groups attached to an aromatic ring is 1. The Morgan fingerprint density at radius 3 is 2.70 bits per heavy atom. The first-order valence-electron chi connectivity index (χ1n) is 6.62. The number of nitrogens with one attached hydrogen (secondary N) is 1. The molecule has 5 nitrogen and oxygen atoms in total. The van der Waals surface area contributed by atoms with Gasteiger partial charge >= 0.3 is 0 Å². The minimum absolute atomic E-state index is 0.0523. The van der Waals surface area contributed by atoms with E-state index in [2.05, 4.69) is 4.72 Å². The molecule has 0 bridgehead atoms. The summed E-state index contributed by atoms with van der Waals surface area (Å²) in [6.45, 7) is -0.0523. The fourth-order valence-electron chi connectivity index (χ4n) is 2.52. The van der Waals surface area contributed by atoms with E-state index < -0.39 is 15.8 Å². The Hall–Kier alpha value is -1.18. The third kappa shape index (κ3) is 3.28. The van der Waals surface area contributed by atoms with Gasteiger partial charge in [0.2, 0.25) is 10.0 Å². The van der Waals surface area contributed by atoms with Crippen LogP contribution in [0.3, 0.4) is 0 Å². The van der Waals surface area contributed by atoms with E-state index in [4.69, 9.17) is 5.73 Å². The summed E-state index contributed by atoms with van der Waals surface area (Å²) >= 11 is 0. The lowest BCUT2D eigenvalue weighted by Crippen LogP contribution is -2.43. The molecule has 0 spiro atoms. The predicted octanol–water partition coefficient (Wildman–Crippen LogP) is 1.24. The van der Waals surface area contributed by atoms with E-state index in [1.54, 1.807) is 0 Å². The number of hydrogen-bond acceptors (Lipinski definition) is 4. The van der Waals surface area contributed by atoms with Gasteiger partial charge < -0.3 is 10.8 Å². The Balaban J connectivity index is 2.19. The molecule has 20 heavy (non-hydrogen) atoms. The van der Waals surface area contributed by atoms with E-state index in [1.165, 1.54) is 12.1 Å². The highest BCUT2D eigenvalue weighted by Gasteiger charge is 2.29. The summed E-state index contributed by atoms with van der Waals surface area (Å²) in [6.07, 6.45) is 3.38. The predicted molar refractivity (Wildman–Crippen MR) is 74.0 cm³/mol. The Morgan fingerprint density at radius 1 is 1.35 bits per heavy atom. The Morgan fingerprint density at radius 2 is 2.05 bits per heavy atom. The van der Waals surface area contributed by atoms with E-state index in [0.29, 0.717) is 6.42 Å². The number of hydrogen-bond donors (Lipinski definition) is 3. The van der Waals surface area contributed by atoms with Crippen LogP contribution in [0.5, 0.6) is 0 Å². The van der Waals surface area contributed by atoms with Crippen molar-refractivity contribution in [2.75, 3.05) is 12.3 Å². The molecule has 1 aliphatic carbocycles. The summed E-state index contributed by atoms with van der Waals surface area (Å²) in [7, 11) is -3.80. The number of rotatable bonds is 4. The van der Waals surface area contributed by atoms with E-state index in [-0.39, 0.29) is 29.1 Å². The van der Waals surface area contributed by atoms with Gasteiger partial charge in [-0.3, -0.25) is 0 Å². The summed E-state index contributed by atoms with van der Waals surface area (Å²) in [5.74, 6) is -0.840. The molecule has 2 rings (SSSR count). The van der Waals surface area contributed by atoms with Crippen molar-refractivity contribution in [1.82, 2.24) is 4.72 Å². The van der Waals surface area contributed by atoms with Gasteiger partial charge in [0.05, 0.1) is 10.6 Å². The molecule has 1 saturated carbocycles. The number of nitrogens with two attached hydrogens (primary N) is 1. The van der Waals surface area contributed by atoms with Crippen molar-refractivity contribution < 1.29 is 17.9 Å². The highest BCUT2D eigenvalue weighted by atomic mass is 32.2. The van der Waals surface area contributed by atoms with Crippen LogP contribution in [-0.2, 0) is 10.0 Å². The molecule has 112 valence electrons.